The molecule has 5 N–H and O–H groups in total. The molecule has 7 heteroatoms. The van der Waals surface area contributed by atoms with Gasteiger partial charge >= 0.3 is 5.91 Å². The molecule has 1 aromatic rings. The van der Waals surface area contributed by atoms with Crippen LogP contribution in [0.4, 0.5) is 5.69 Å². The Hall–Kier alpha value is -2.54. The topological polar surface area (TPSA) is 116 Å². The molecule has 1 aromatic carbocycles. The molecular weight excluding hydrogens is 286 g/mol. The molecule has 7 nitrogen and oxygen atoms in total. The highest BCUT2D eigenvalue weighted by atomic mass is 16.3. The molecule has 0 radical (unpaired) electrons. The molecule has 0 aromatic heterocycles. The zero-order valence-electron chi connectivity index (χ0n) is 12.6. The van der Waals surface area contributed by atoms with Crippen molar-refractivity contribution in [3.8, 4) is 0 Å². The third-order valence-corrected chi connectivity index (χ3v) is 3.62. The molecule has 1 aliphatic rings. The van der Waals surface area contributed by atoms with Gasteiger partial charge in [-0.15, -0.1) is 0 Å². The summed E-state index contributed by atoms with van der Waals surface area (Å²) >= 11 is 0. The fourth-order valence-corrected chi connectivity index (χ4v) is 2.14. The molecule has 0 fully saturated rings. The molecule has 0 saturated carbocycles. The minimum atomic E-state index is -1.85. The molecule has 0 spiro atoms. The van der Waals surface area contributed by atoms with E-state index in [0.717, 1.165) is 11.1 Å². The van der Waals surface area contributed by atoms with Crippen molar-refractivity contribution < 1.29 is 19.8 Å². The molecule has 2 rings (SSSR count). The van der Waals surface area contributed by atoms with E-state index in [0.29, 0.717) is 0 Å². The van der Waals surface area contributed by atoms with Gasteiger partial charge in [0.1, 0.15) is 0 Å². The number of anilines is 1. The van der Waals surface area contributed by atoms with Gasteiger partial charge in [-0.25, -0.2) is 5.01 Å². The van der Waals surface area contributed by atoms with E-state index in [9.17, 15) is 19.8 Å². The van der Waals surface area contributed by atoms with Crippen LogP contribution in [0.1, 0.15) is 31.1 Å². The molecule has 1 unspecified atom stereocenters. The SMILES string of the molecule is CC(C)(C)C1(O)C=C(O)C(=O)N1NC(=O)c1ccccc1N. The van der Waals surface area contributed by atoms with Gasteiger partial charge in [-0.3, -0.25) is 15.0 Å². The average Bonchev–Trinajstić information content (AvgIpc) is 2.63. The number of nitrogen functional groups attached to an aromatic ring is 1. The lowest BCUT2D eigenvalue weighted by Gasteiger charge is -2.41. The molecule has 0 aliphatic carbocycles. The van der Waals surface area contributed by atoms with E-state index in [-0.39, 0.29) is 11.3 Å². The predicted octanol–water partition coefficient (Wildman–Crippen LogP) is 0.932. The highest BCUT2D eigenvalue weighted by molar-refractivity contribution is 6.02. The number of aliphatic hydroxyl groups excluding tert-OH is 1. The third kappa shape index (κ3) is 2.39. The van der Waals surface area contributed by atoms with Crippen LogP contribution in [0.5, 0.6) is 0 Å². The highest BCUT2D eigenvalue weighted by Gasteiger charge is 2.53. The number of benzene rings is 1. The summed E-state index contributed by atoms with van der Waals surface area (Å²) in [5.41, 5.74) is 5.74. The second kappa shape index (κ2) is 5.03. The maximum atomic E-state index is 12.3. The first-order valence-electron chi connectivity index (χ1n) is 6.72. The summed E-state index contributed by atoms with van der Waals surface area (Å²) in [5.74, 6) is -2.17. The largest absolute Gasteiger partial charge is 0.503 e. The molecule has 1 heterocycles. The molecule has 118 valence electrons. The van der Waals surface area contributed by atoms with Crippen molar-refractivity contribution in [2.24, 2.45) is 5.41 Å². The van der Waals surface area contributed by atoms with E-state index in [1.54, 1.807) is 39.0 Å². The van der Waals surface area contributed by atoms with Gasteiger partial charge in [-0.2, -0.15) is 0 Å². The van der Waals surface area contributed by atoms with Gasteiger partial charge in [0.2, 0.25) is 0 Å². The molecule has 0 saturated heterocycles. The Morgan fingerprint density at radius 1 is 1.32 bits per heavy atom. The van der Waals surface area contributed by atoms with Crippen LogP contribution in [0.25, 0.3) is 0 Å². The fraction of sp³-hybridized carbons (Fsp3) is 0.333. The quantitative estimate of drug-likeness (QED) is 0.607. The number of carbonyl (C=O) groups excluding carboxylic acids is 2. The first kappa shape index (κ1) is 15.8. The number of nitrogens with zero attached hydrogens (tertiary/aromatic N) is 1. The van der Waals surface area contributed by atoms with Crippen LogP contribution in [0.3, 0.4) is 0 Å². The maximum absolute atomic E-state index is 12.3. The van der Waals surface area contributed by atoms with Gasteiger partial charge < -0.3 is 15.9 Å². The lowest BCUT2D eigenvalue weighted by molar-refractivity contribution is -0.170. The second-order valence-electron chi connectivity index (χ2n) is 6.17. The Labute approximate surface area is 128 Å². The maximum Gasteiger partial charge on any atom is 0.309 e. The summed E-state index contributed by atoms with van der Waals surface area (Å²) in [6.45, 7) is 5.02. The van der Waals surface area contributed by atoms with Gasteiger partial charge in [0.25, 0.3) is 5.91 Å². The molecule has 2 amide bonds. The van der Waals surface area contributed by atoms with Crippen LogP contribution in [-0.4, -0.2) is 32.8 Å². The number of nitrogens with one attached hydrogen (secondary N) is 1. The summed E-state index contributed by atoms with van der Waals surface area (Å²) < 4.78 is 0. The average molecular weight is 305 g/mol. The lowest BCUT2D eigenvalue weighted by atomic mass is 9.83. The molecular formula is C15H19N3O4. The zero-order chi connectivity index (χ0) is 16.7. The second-order valence-corrected chi connectivity index (χ2v) is 6.17. The van der Waals surface area contributed by atoms with E-state index >= 15 is 0 Å². The standard InChI is InChI=1S/C15H19N3O4/c1-14(2,3)15(22)8-11(19)13(21)18(15)17-12(20)9-6-4-5-7-10(9)16/h4-8,19,22H,16H2,1-3H3,(H,17,20). The van der Waals surface area contributed by atoms with Crippen LogP contribution < -0.4 is 11.2 Å². The summed E-state index contributed by atoms with van der Waals surface area (Å²) in [7, 11) is 0. The first-order valence-corrected chi connectivity index (χ1v) is 6.72. The summed E-state index contributed by atoms with van der Waals surface area (Å²) in [6.07, 6.45) is 1.02. The van der Waals surface area contributed by atoms with Crippen molar-refractivity contribution in [2.75, 3.05) is 5.73 Å². The minimum Gasteiger partial charge on any atom is -0.503 e. The molecule has 0 bridgehead atoms. The number of hydrogen-bond acceptors (Lipinski definition) is 5. The van der Waals surface area contributed by atoms with Crippen molar-refractivity contribution in [2.45, 2.75) is 26.5 Å². The van der Waals surface area contributed by atoms with Gasteiger partial charge in [-0.05, 0) is 12.1 Å². The fourth-order valence-electron chi connectivity index (χ4n) is 2.14. The number of nitrogens with two attached hydrogens (primary N) is 1. The molecule has 1 atom stereocenters. The van der Waals surface area contributed by atoms with Crippen LogP contribution in [0.2, 0.25) is 0 Å². The van der Waals surface area contributed by atoms with Crippen LogP contribution in [0.15, 0.2) is 36.1 Å². The Balaban J connectivity index is 2.34. The van der Waals surface area contributed by atoms with E-state index in [2.05, 4.69) is 5.43 Å². The van der Waals surface area contributed by atoms with E-state index in [1.165, 1.54) is 6.07 Å². The molecule has 22 heavy (non-hydrogen) atoms. The number of hydrazine groups is 1. The normalized spacial score (nSPS) is 21.7. The Morgan fingerprint density at radius 3 is 2.45 bits per heavy atom. The van der Waals surface area contributed by atoms with E-state index < -0.39 is 28.7 Å². The van der Waals surface area contributed by atoms with Crippen LogP contribution >= 0.6 is 0 Å². The smallest absolute Gasteiger partial charge is 0.309 e. The number of carbonyl (C=O) groups is 2. The van der Waals surface area contributed by atoms with Crippen molar-refractivity contribution in [1.29, 1.82) is 0 Å². The number of amides is 2. The highest BCUT2D eigenvalue weighted by Crippen LogP contribution is 2.38. The monoisotopic (exact) mass is 305 g/mol. The Bertz CT molecular complexity index is 663. The van der Waals surface area contributed by atoms with Crippen molar-refractivity contribution in [1.82, 2.24) is 10.4 Å². The number of hydrogen-bond donors (Lipinski definition) is 4. The minimum absolute atomic E-state index is 0.165. The molecule has 1 aliphatic heterocycles. The van der Waals surface area contributed by atoms with Crippen molar-refractivity contribution >= 4 is 17.5 Å². The Morgan fingerprint density at radius 2 is 1.91 bits per heavy atom. The van der Waals surface area contributed by atoms with Gasteiger partial charge in [-0.1, -0.05) is 32.9 Å². The summed E-state index contributed by atoms with van der Waals surface area (Å²) in [4.78, 5) is 24.3. The zero-order valence-corrected chi connectivity index (χ0v) is 12.6. The summed E-state index contributed by atoms with van der Waals surface area (Å²) in [5, 5.41) is 21.1. The lowest BCUT2D eigenvalue weighted by Crippen LogP contribution is -2.61. The van der Waals surface area contributed by atoms with Crippen molar-refractivity contribution in [3.05, 3.63) is 41.7 Å². The van der Waals surface area contributed by atoms with E-state index in [1.807, 2.05) is 0 Å². The van der Waals surface area contributed by atoms with E-state index in [4.69, 9.17) is 5.73 Å². The van der Waals surface area contributed by atoms with Gasteiger partial charge in [0.15, 0.2) is 11.5 Å². The van der Waals surface area contributed by atoms with Crippen LogP contribution in [0, 0.1) is 5.41 Å². The van der Waals surface area contributed by atoms with Crippen molar-refractivity contribution in [3.63, 3.8) is 0 Å². The summed E-state index contributed by atoms with van der Waals surface area (Å²) in [6, 6.07) is 6.34. The third-order valence-electron chi connectivity index (χ3n) is 3.62. The number of aliphatic hydroxyl groups is 2. The number of para-hydroxylation sites is 1. The first-order chi connectivity index (χ1) is 10.1. The van der Waals surface area contributed by atoms with Gasteiger partial charge in [0.05, 0.1) is 5.56 Å². The van der Waals surface area contributed by atoms with Crippen LogP contribution in [-0.2, 0) is 4.79 Å². The predicted molar refractivity (Wildman–Crippen MR) is 80.3 cm³/mol. The Kier molecular flexibility index (Phi) is 3.62. The van der Waals surface area contributed by atoms with Gasteiger partial charge in [0, 0.05) is 17.2 Å². The number of rotatable bonds is 2.